The van der Waals surface area contributed by atoms with E-state index in [4.69, 9.17) is 5.73 Å². The quantitative estimate of drug-likeness (QED) is 0.814. The third-order valence-corrected chi connectivity index (χ3v) is 2.99. The van der Waals surface area contributed by atoms with Gasteiger partial charge in [-0.15, -0.1) is 0 Å². The van der Waals surface area contributed by atoms with Gasteiger partial charge >= 0.3 is 6.18 Å². The second kappa shape index (κ2) is 6.75. The zero-order valence-corrected chi connectivity index (χ0v) is 12.4. The highest BCUT2D eigenvalue weighted by Gasteiger charge is 2.34. The minimum absolute atomic E-state index is 0.0238. The Morgan fingerprint density at radius 1 is 1.43 bits per heavy atom. The molecule has 0 atom stereocenters. The number of anilines is 1. The molecular formula is C13H16F3N3OS. The van der Waals surface area contributed by atoms with Crippen molar-refractivity contribution in [2.75, 3.05) is 25.0 Å². The van der Waals surface area contributed by atoms with Gasteiger partial charge in [0, 0.05) is 24.8 Å². The first-order valence-corrected chi connectivity index (χ1v) is 6.56. The molecule has 8 heteroatoms. The maximum absolute atomic E-state index is 12.9. The van der Waals surface area contributed by atoms with E-state index in [-0.39, 0.29) is 23.0 Å². The number of halogens is 3. The topological polar surface area (TPSA) is 58.4 Å². The smallest absolute Gasteiger partial charge is 0.389 e. The molecule has 0 aliphatic heterocycles. The van der Waals surface area contributed by atoms with E-state index in [1.165, 1.54) is 17.0 Å². The standard InChI is InChI=1S/C13H16F3N3OS/c1-3-18-11(20)7-19(2)8-4-5-10(13(14,15)16)9(6-8)12(17)21/h4-6H,3,7H2,1-2H3,(H2,17,21)(H,18,20). The zero-order chi connectivity index (χ0) is 16.2. The third kappa shape index (κ3) is 4.59. The Labute approximate surface area is 126 Å². The van der Waals surface area contributed by atoms with Crippen LogP contribution in [-0.4, -0.2) is 31.0 Å². The number of carbonyl (C=O) groups excluding carboxylic acids is 1. The van der Waals surface area contributed by atoms with Crippen molar-refractivity contribution >= 4 is 28.8 Å². The Bertz CT molecular complexity index is 546. The van der Waals surface area contributed by atoms with Gasteiger partial charge in [0.2, 0.25) is 5.91 Å². The summed E-state index contributed by atoms with van der Waals surface area (Å²) in [4.78, 5) is 12.7. The van der Waals surface area contributed by atoms with E-state index < -0.39 is 11.7 Å². The molecule has 21 heavy (non-hydrogen) atoms. The van der Waals surface area contributed by atoms with Crippen LogP contribution in [0.3, 0.4) is 0 Å². The van der Waals surface area contributed by atoms with Crippen LogP contribution >= 0.6 is 12.2 Å². The zero-order valence-electron chi connectivity index (χ0n) is 11.6. The van der Waals surface area contributed by atoms with E-state index >= 15 is 0 Å². The molecule has 0 fully saturated rings. The van der Waals surface area contributed by atoms with Gasteiger partial charge in [0.25, 0.3) is 0 Å². The van der Waals surface area contributed by atoms with Crippen molar-refractivity contribution in [1.29, 1.82) is 0 Å². The van der Waals surface area contributed by atoms with Gasteiger partial charge in [0.15, 0.2) is 0 Å². The molecule has 1 amide bonds. The SMILES string of the molecule is CCNC(=O)CN(C)c1ccc(C(F)(F)F)c(C(N)=S)c1. The van der Waals surface area contributed by atoms with Crippen molar-refractivity contribution in [2.24, 2.45) is 5.73 Å². The molecule has 0 radical (unpaired) electrons. The van der Waals surface area contributed by atoms with Crippen LogP contribution < -0.4 is 16.0 Å². The molecule has 0 heterocycles. The van der Waals surface area contributed by atoms with E-state index in [0.717, 1.165) is 6.07 Å². The van der Waals surface area contributed by atoms with Crippen LogP contribution in [0.2, 0.25) is 0 Å². The lowest BCUT2D eigenvalue weighted by Gasteiger charge is -2.21. The molecule has 116 valence electrons. The summed E-state index contributed by atoms with van der Waals surface area (Å²) in [5.74, 6) is -0.225. The predicted octanol–water partition coefficient (Wildman–Crippen LogP) is 1.91. The summed E-state index contributed by atoms with van der Waals surface area (Å²) in [5.41, 5.74) is 4.65. The van der Waals surface area contributed by atoms with Crippen molar-refractivity contribution in [3.8, 4) is 0 Å². The predicted molar refractivity (Wildman–Crippen MR) is 79.3 cm³/mol. The first-order chi connectivity index (χ1) is 9.66. The molecule has 4 nitrogen and oxygen atoms in total. The fourth-order valence-electron chi connectivity index (χ4n) is 1.78. The summed E-state index contributed by atoms with van der Waals surface area (Å²) in [6.45, 7) is 2.29. The Morgan fingerprint density at radius 3 is 2.52 bits per heavy atom. The van der Waals surface area contributed by atoms with Crippen molar-refractivity contribution in [3.05, 3.63) is 29.3 Å². The van der Waals surface area contributed by atoms with Crippen molar-refractivity contribution in [2.45, 2.75) is 13.1 Å². The molecule has 0 aliphatic rings. The largest absolute Gasteiger partial charge is 0.417 e. The second-order valence-electron chi connectivity index (χ2n) is 4.40. The number of benzene rings is 1. The lowest BCUT2D eigenvalue weighted by molar-refractivity contribution is -0.137. The summed E-state index contributed by atoms with van der Waals surface area (Å²) in [6, 6.07) is 3.44. The number of nitrogens with zero attached hydrogens (tertiary/aromatic N) is 1. The van der Waals surface area contributed by atoms with E-state index in [1.54, 1.807) is 14.0 Å². The summed E-state index contributed by atoms with van der Waals surface area (Å²) < 4.78 is 38.6. The number of hydrogen-bond donors (Lipinski definition) is 2. The Hall–Kier alpha value is -1.83. The third-order valence-electron chi connectivity index (χ3n) is 2.77. The lowest BCUT2D eigenvalue weighted by atomic mass is 10.1. The summed E-state index contributed by atoms with van der Waals surface area (Å²) in [6.07, 6.45) is -4.53. The number of nitrogens with one attached hydrogen (secondary N) is 1. The molecule has 1 rings (SSSR count). The maximum atomic E-state index is 12.9. The number of likely N-dealkylation sites (N-methyl/N-ethyl adjacent to an activating group) is 2. The number of rotatable bonds is 5. The molecule has 1 aromatic carbocycles. The van der Waals surface area contributed by atoms with Crippen LogP contribution in [-0.2, 0) is 11.0 Å². The van der Waals surface area contributed by atoms with Gasteiger partial charge in [-0.3, -0.25) is 4.79 Å². The number of nitrogens with two attached hydrogens (primary N) is 1. The minimum Gasteiger partial charge on any atom is -0.389 e. The average Bonchev–Trinajstić information content (AvgIpc) is 2.37. The Balaban J connectivity index is 3.09. The molecular weight excluding hydrogens is 303 g/mol. The molecule has 3 N–H and O–H groups in total. The molecule has 0 aliphatic carbocycles. The molecule has 0 spiro atoms. The molecule has 0 bridgehead atoms. The van der Waals surface area contributed by atoms with Crippen molar-refractivity contribution in [1.82, 2.24) is 5.32 Å². The first-order valence-electron chi connectivity index (χ1n) is 6.15. The van der Waals surface area contributed by atoms with Crippen LogP contribution in [0.5, 0.6) is 0 Å². The van der Waals surface area contributed by atoms with Crippen LogP contribution in [0.4, 0.5) is 18.9 Å². The monoisotopic (exact) mass is 319 g/mol. The Kier molecular flexibility index (Phi) is 5.54. The molecule has 0 unspecified atom stereocenters. The summed E-state index contributed by atoms with van der Waals surface area (Å²) >= 11 is 4.67. The van der Waals surface area contributed by atoms with Crippen LogP contribution in [0.25, 0.3) is 0 Å². The van der Waals surface area contributed by atoms with E-state index in [1.807, 2.05) is 0 Å². The fraction of sp³-hybridized carbons (Fsp3) is 0.385. The maximum Gasteiger partial charge on any atom is 0.417 e. The highest BCUT2D eigenvalue weighted by atomic mass is 32.1. The molecule has 0 aromatic heterocycles. The van der Waals surface area contributed by atoms with Gasteiger partial charge in [-0.25, -0.2) is 0 Å². The number of hydrogen-bond acceptors (Lipinski definition) is 3. The molecule has 0 saturated heterocycles. The normalized spacial score (nSPS) is 11.1. The lowest BCUT2D eigenvalue weighted by Crippen LogP contribution is -2.35. The van der Waals surface area contributed by atoms with Gasteiger partial charge in [0.1, 0.15) is 4.99 Å². The second-order valence-corrected chi connectivity index (χ2v) is 4.84. The first kappa shape index (κ1) is 17.2. The van der Waals surface area contributed by atoms with Crippen molar-refractivity contribution < 1.29 is 18.0 Å². The van der Waals surface area contributed by atoms with Gasteiger partial charge in [-0.2, -0.15) is 13.2 Å². The molecule has 0 saturated carbocycles. The summed E-state index contributed by atoms with van der Waals surface area (Å²) in [5, 5.41) is 2.61. The highest BCUT2D eigenvalue weighted by Crippen LogP contribution is 2.33. The van der Waals surface area contributed by atoms with Crippen molar-refractivity contribution in [3.63, 3.8) is 0 Å². The number of amides is 1. The van der Waals surface area contributed by atoms with Gasteiger partial charge < -0.3 is 16.0 Å². The number of thiocarbonyl (C=S) groups is 1. The fourth-order valence-corrected chi connectivity index (χ4v) is 1.95. The van der Waals surface area contributed by atoms with Crippen LogP contribution in [0, 0.1) is 0 Å². The van der Waals surface area contributed by atoms with E-state index in [2.05, 4.69) is 17.5 Å². The van der Waals surface area contributed by atoms with Gasteiger partial charge in [0.05, 0.1) is 12.1 Å². The molecule has 1 aromatic rings. The van der Waals surface area contributed by atoms with Crippen LogP contribution in [0.1, 0.15) is 18.1 Å². The van der Waals surface area contributed by atoms with Gasteiger partial charge in [-0.05, 0) is 25.1 Å². The van der Waals surface area contributed by atoms with Gasteiger partial charge in [-0.1, -0.05) is 12.2 Å². The number of alkyl halides is 3. The minimum atomic E-state index is -4.53. The number of carbonyl (C=O) groups is 1. The highest BCUT2D eigenvalue weighted by molar-refractivity contribution is 7.80. The van der Waals surface area contributed by atoms with E-state index in [0.29, 0.717) is 12.2 Å². The Morgan fingerprint density at radius 2 is 2.05 bits per heavy atom. The van der Waals surface area contributed by atoms with Crippen LogP contribution in [0.15, 0.2) is 18.2 Å². The van der Waals surface area contributed by atoms with E-state index in [9.17, 15) is 18.0 Å². The summed E-state index contributed by atoms with van der Waals surface area (Å²) in [7, 11) is 1.60. The average molecular weight is 319 g/mol.